The zero-order valence-corrected chi connectivity index (χ0v) is 12.8. The smallest absolute Gasteiger partial charge is 0.313 e. The normalized spacial score (nSPS) is 13.3. The molecule has 1 heterocycles. The summed E-state index contributed by atoms with van der Waals surface area (Å²) in [6, 6.07) is 4.76. The molecule has 1 aromatic rings. The van der Waals surface area contributed by atoms with Gasteiger partial charge in [-0.05, 0) is 25.1 Å². The summed E-state index contributed by atoms with van der Waals surface area (Å²) in [5, 5.41) is 0. The second-order valence-corrected chi connectivity index (χ2v) is 5.32. The number of esters is 1. The number of hydrogen-bond donors (Lipinski definition) is 0. The number of ether oxygens (including phenoxy) is 1. The minimum atomic E-state index is -0.764. The molecule has 0 radical (unpaired) electrons. The van der Waals surface area contributed by atoms with E-state index in [9.17, 15) is 19.2 Å². The molecule has 1 aliphatic heterocycles. The maximum atomic E-state index is 11.9. The fourth-order valence-corrected chi connectivity index (χ4v) is 2.38. The van der Waals surface area contributed by atoms with Gasteiger partial charge in [-0.1, -0.05) is 15.9 Å². The molecule has 2 rings (SSSR count). The quantitative estimate of drug-likeness (QED) is 0.455. The molecular weight excluding hydrogens is 342 g/mol. The molecule has 0 aliphatic carbocycles. The van der Waals surface area contributed by atoms with Crippen molar-refractivity contribution in [1.29, 1.82) is 0 Å². The van der Waals surface area contributed by atoms with Crippen LogP contribution in [0, 0.1) is 0 Å². The van der Waals surface area contributed by atoms with Gasteiger partial charge in [-0.2, -0.15) is 0 Å². The zero-order valence-electron chi connectivity index (χ0n) is 11.2. The third-order valence-corrected chi connectivity index (χ3v) is 3.41. The van der Waals surface area contributed by atoms with Crippen molar-refractivity contribution in [2.75, 3.05) is 18.1 Å². The van der Waals surface area contributed by atoms with Crippen molar-refractivity contribution in [3.8, 4) is 0 Å². The molecule has 0 unspecified atom stereocenters. The molecule has 1 aliphatic rings. The minimum absolute atomic E-state index is 0.184. The number of amides is 1. The average Bonchev–Trinajstić information content (AvgIpc) is 2.64. The molecule has 21 heavy (non-hydrogen) atoms. The first-order valence-corrected chi connectivity index (χ1v) is 7.06. The van der Waals surface area contributed by atoms with E-state index in [1.807, 2.05) is 0 Å². The molecule has 0 atom stereocenters. The molecule has 0 N–H and O–H groups in total. The van der Waals surface area contributed by atoms with Gasteiger partial charge in [0.25, 0.3) is 11.7 Å². The van der Waals surface area contributed by atoms with Crippen molar-refractivity contribution in [1.82, 2.24) is 0 Å². The van der Waals surface area contributed by atoms with E-state index >= 15 is 0 Å². The Bertz CT molecular complexity index is 640. The van der Waals surface area contributed by atoms with Crippen LogP contribution in [0.25, 0.3) is 0 Å². The lowest BCUT2D eigenvalue weighted by Gasteiger charge is -2.15. The molecule has 1 aromatic carbocycles. The molecule has 6 nitrogen and oxygen atoms in total. The number of ketones is 2. The Morgan fingerprint density at radius 3 is 2.67 bits per heavy atom. The molecule has 0 aromatic heterocycles. The zero-order chi connectivity index (χ0) is 15.6. The van der Waals surface area contributed by atoms with E-state index in [0.29, 0.717) is 10.2 Å². The molecule has 1 amide bonds. The number of rotatable bonds is 5. The topological polar surface area (TPSA) is 80.8 Å². The number of anilines is 1. The minimum Gasteiger partial charge on any atom is -0.466 e. The highest BCUT2D eigenvalue weighted by atomic mass is 79.9. The van der Waals surface area contributed by atoms with Gasteiger partial charge in [0.15, 0.2) is 5.78 Å². The van der Waals surface area contributed by atoms with Gasteiger partial charge in [0, 0.05) is 4.47 Å². The van der Waals surface area contributed by atoms with E-state index in [-0.39, 0.29) is 18.7 Å². The van der Waals surface area contributed by atoms with E-state index in [2.05, 4.69) is 20.7 Å². The van der Waals surface area contributed by atoms with Gasteiger partial charge >= 0.3 is 5.97 Å². The summed E-state index contributed by atoms with van der Waals surface area (Å²) in [4.78, 5) is 47.9. The Morgan fingerprint density at radius 2 is 2.00 bits per heavy atom. The number of halogens is 1. The lowest BCUT2D eigenvalue weighted by Crippen LogP contribution is -2.35. The average molecular weight is 354 g/mol. The Morgan fingerprint density at radius 1 is 1.29 bits per heavy atom. The van der Waals surface area contributed by atoms with Gasteiger partial charge < -0.3 is 4.74 Å². The Hall–Kier alpha value is -2.02. The van der Waals surface area contributed by atoms with Crippen LogP contribution in [0.2, 0.25) is 0 Å². The Balaban J connectivity index is 2.16. The SMILES string of the molecule is CCOC(=O)CC(=O)CN1C(=O)C(=O)c2ccc(Br)cc21. The predicted octanol–water partition coefficient (Wildman–Crippen LogP) is 1.50. The number of benzene rings is 1. The second-order valence-electron chi connectivity index (χ2n) is 4.40. The summed E-state index contributed by atoms with van der Waals surface area (Å²) in [5.74, 6) is -2.54. The fraction of sp³-hybridized carbons (Fsp3) is 0.286. The number of nitrogens with zero attached hydrogens (tertiary/aromatic N) is 1. The summed E-state index contributed by atoms with van der Waals surface area (Å²) in [7, 11) is 0. The highest BCUT2D eigenvalue weighted by molar-refractivity contribution is 9.10. The van der Waals surface area contributed by atoms with Gasteiger partial charge in [-0.3, -0.25) is 24.1 Å². The third kappa shape index (κ3) is 3.18. The maximum Gasteiger partial charge on any atom is 0.313 e. The largest absolute Gasteiger partial charge is 0.466 e. The molecule has 0 saturated heterocycles. The summed E-state index contributed by atoms with van der Waals surface area (Å²) in [6.45, 7) is 1.49. The monoisotopic (exact) mass is 353 g/mol. The van der Waals surface area contributed by atoms with E-state index < -0.39 is 29.9 Å². The van der Waals surface area contributed by atoms with Crippen LogP contribution in [0.4, 0.5) is 5.69 Å². The van der Waals surface area contributed by atoms with Gasteiger partial charge in [0.1, 0.15) is 6.42 Å². The first-order chi connectivity index (χ1) is 9.93. The summed E-state index contributed by atoms with van der Waals surface area (Å²) in [6.07, 6.45) is -0.421. The number of carbonyl (C=O) groups is 4. The number of fused-ring (bicyclic) bond motifs is 1. The molecular formula is C14H12BrNO5. The molecule has 0 spiro atoms. The van der Waals surface area contributed by atoms with Gasteiger partial charge in [-0.25, -0.2) is 0 Å². The highest BCUT2D eigenvalue weighted by Gasteiger charge is 2.36. The summed E-state index contributed by atoms with van der Waals surface area (Å²) >= 11 is 3.25. The number of carbonyl (C=O) groups excluding carboxylic acids is 4. The van der Waals surface area contributed by atoms with Gasteiger partial charge in [-0.15, -0.1) is 0 Å². The molecule has 0 bridgehead atoms. The second kappa shape index (κ2) is 6.17. The van der Waals surface area contributed by atoms with E-state index in [1.165, 1.54) is 6.07 Å². The van der Waals surface area contributed by atoms with Crippen LogP contribution < -0.4 is 4.90 Å². The number of Topliss-reactive ketones (excluding diaryl/α,β-unsaturated/α-hetero) is 2. The van der Waals surface area contributed by atoms with Crippen LogP contribution in [-0.4, -0.2) is 36.6 Å². The van der Waals surface area contributed by atoms with Crippen LogP contribution in [0.3, 0.4) is 0 Å². The predicted molar refractivity (Wildman–Crippen MR) is 77.1 cm³/mol. The fourth-order valence-electron chi connectivity index (χ4n) is 2.03. The molecule has 7 heteroatoms. The van der Waals surface area contributed by atoms with E-state index in [1.54, 1.807) is 19.1 Å². The van der Waals surface area contributed by atoms with Crippen molar-refractivity contribution in [3.63, 3.8) is 0 Å². The first-order valence-electron chi connectivity index (χ1n) is 6.27. The third-order valence-electron chi connectivity index (χ3n) is 2.92. The van der Waals surface area contributed by atoms with Crippen molar-refractivity contribution in [3.05, 3.63) is 28.2 Å². The standard InChI is InChI=1S/C14H12BrNO5/c1-2-21-12(18)6-9(17)7-16-11-5-8(15)3-4-10(11)13(19)14(16)20/h3-5H,2,6-7H2,1H3. The summed E-state index contributed by atoms with van der Waals surface area (Å²) < 4.78 is 5.36. The van der Waals surface area contributed by atoms with Crippen molar-refractivity contribution in [2.45, 2.75) is 13.3 Å². The van der Waals surface area contributed by atoms with E-state index in [4.69, 9.17) is 0 Å². The van der Waals surface area contributed by atoms with Crippen LogP contribution in [0.15, 0.2) is 22.7 Å². The van der Waals surface area contributed by atoms with Crippen molar-refractivity contribution < 1.29 is 23.9 Å². The first kappa shape index (κ1) is 15.4. The summed E-state index contributed by atoms with van der Waals surface area (Å²) in [5.41, 5.74) is 0.628. The molecule has 0 fully saturated rings. The van der Waals surface area contributed by atoms with Crippen molar-refractivity contribution >= 4 is 45.1 Å². The number of hydrogen-bond acceptors (Lipinski definition) is 5. The van der Waals surface area contributed by atoms with Crippen LogP contribution in [0.5, 0.6) is 0 Å². The van der Waals surface area contributed by atoms with E-state index in [0.717, 1.165) is 4.90 Å². The molecule has 110 valence electrons. The maximum absolute atomic E-state index is 11.9. The Labute approximate surface area is 129 Å². The lowest BCUT2D eigenvalue weighted by molar-refractivity contribution is -0.145. The molecule has 0 saturated carbocycles. The van der Waals surface area contributed by atoms with Crippen molar-refractivity contribution in [2.24, 2.45) is 0 Å². The Kier molecular flexibility index (Phi) is 4.52. The van der Waals surface area contributed by atoms with Crippen LogP contribution in [-0.2, 0) is 19.1 Å². The van der Waals surface area contributed by atoms with Crippen LogP contribution >= 0.6 is 15.9 Å². The van der Waals surface area contributed by atoms with Crippen LogP contribution in [0.1, 0.15) is 23.7 Å². The highest BCUT2D eigenvalue weighted by Crippen LogP contribution is 2.31. The lowest BCUT2D eigenvalue weighted by atomic mass is 10.1. The van der Waals surface area contributed by atoms with Gasteiger partial charge in [0.2, 0.25) is 0 Å². The van der Waals surface area contributed by atoms with Gasteiger partial charge in [0.05, 0.1) is 24.4 Å².